The van der Waals surface area contributed by atoms with Crippen molar-refractivity contribution in [3.05, 3.63) is 12.2 Å². The zero-order valence-corrected chi connectivity index (χ0v) is 24.8. The Balaban J connectivity index is 3.54. The molecule has 8 nitrogen and oxygen atoms in total. The van der Waals surface area contributed by atoms with E-state index < -0.39 is 56.3 Å². The number of aliphatic hydroxyl groups is 2. The molecule has 1 rings (SSSR count). The highest BCUT2D eigenvalue weighted by atomic mass is 28.4. The van der Waals surface area contributed by atoms with Crippen molar-refractivity contribution >= 4 is 25.9 Å². The minimum atomic E-state index is -2.46. The molecular formula is C27H48O8Si. The predicted octanol–water partition coefficient (Wildman–Crippen LogP) is 3.83. The number of esters is 1. The molecule has 7 atom stereocenters. The van der Waals surface area contributed by atoms with E-state index >= 15 is 0 Å². The van der Waals surface area contributed by atoms with Crippen LogP contribution in [-0.4, -0.2) is 73.2 Å². The van der Waals surface area contributed by atoms with Gasteiger partial charge >= 0.3 is 5.97 Å². The number of hydrogen-bond donors (Lipinski definition) is 2. The van der Waals surface area contributed by atoms with Crippen molar-refractivity contribution in [3.8, 4) is 0 Å². The van der Waals surface area contributed by atoms with Gasteiger partial charge < -0.3 is 24.1 Å². The van der Waals surface area contributed by atoms with Crippen LogP contribution >= 0.6 is 0 Å². The minimum Gasteiger partial charge on any atom is -0.465 e. The molecule has 0 aromatic rings. The summed E-state index contributed by atoms with van der Waals surface area (Å²) in [6, 6.07) is 0. The zero-order valence-electron chi connectivity index (χ0n) is 23.8. The highest BCUT2D eigenvalue weighted by Gasteiger charge is 2.64. The minimum absolute atomic E-state index is 0.0522. The first kappa shape index (κ1) is 32.6. The Bertz CT molecular complexity index is 802. The smallest absolute Gasteiger partial charge is 0.302 e. The van der Waals surface area contributed by atoms with Gasteiger partial charge in [-0.25, -0.2) is 0 Å². The summed E-state index contributed by atoms with van der Waals surface area (Å²) in [6.07, 6.45) is 1.58. The number of allylic oxidation sites excluding steroid dienone is 1. The second-order valence-electron chi connectivity index (χ2n) is 11.7. The van der Waals surface area contributed by atoms with Gasteiger partial charge in [0.25, 0.3) is 0 Å². The molecule has 0 amide bonds. The number of Topliss-reactive ketones (excluding diaryl/α,β-unsaturated/α-hetero) is 2. The maximum atomic E-state index is 13.9. The standard InChI is InChI=1S/C27H48O8Si/c1-11-13-17(3)24-27(8,34-24)25(35-36(9,10)26(5,6)7)21(16-33-18(4)29)23(32)20(15-28)22(31)14-19(30)12-2/h11,13,17,20-22,24-25,28,31H,12,14-16H2,1-10H3/b13-11-/t17-,20+,21-,22+,24+,25-,27-/m0/s1. The van der Waals surface area contributed by atoms with Crippen LogP contribution in [-0.2, 0) is 28.3 Å². The first-order chi connectivity index (χ1) is 16.5. The maximum absolute atomic E-state index is 13.9. The predicted molar refractivity (Wildman–Crippen MR) is 141 cm³/mol. The van der Waals surface area contributed by atoms with E-state index in [9.17, 15) is 24.6 Å². The van der Waals surface area contributed by atoms with E-state index in [0.717, 1.165) is 0 Å². The molecule has 0 radical (unpaired) electrons. The van der Waals surface area contributed by atoms with E-state index in [1.807, 2.05) is 32.9 Å². The Morgan fingerprint density at radius 2 is 1.78 bits per heavy atom. The fraction of sp³-hybridized carbons (Fsp3) is 0.815. The highest BCUT2D eigenvalue weighted by molar-refractivity contribution is 6.74. The number of epoxide rings is 1. The van der Waals surface area contributed by atoms with Gasteiger partial charge in [-0.1, -0.05) is 46.8 Å². The first-order valence-corrected chi connectivity index (χ1v) is 15.8. The van der Waals surface area contributed by atoms with Crippen molar-refractivity contribution < 1.29 is 38.5 Å². The Kier molecular flexibility index (Phi) is 11.7. The summed E-state index contributed by atoms with van der Waals surface area (Å²) >= 11 is 0. The fourth-order valence-corrected chi connectivity index (χ4v) is 5.70. The summed E-state index contributed by atoms with van der Waals surface area (Å²) in [5.41, 5.74) is -0.848. The van der Waals surface area contributed by atoms with E-state index in [1.165, 1.54) is 6.92 Å². The highest BCUT2D eigenvalue weighted by Crippen LogP contribution is 2.50. The van der Waals surface area contributed by atoms with Crippen molar-refractivity contribution in [2.75, 3.05) is 13.2 Å². The summed E-state index contributed by atoms with van der Waals surface area (Å²) in [7, 11) is -2.46. The van der Waals surface area contributed by atoms with Crippen LogP contribution in [0.1, 0.15) is 68.2 Å². The molecule has 0 aliphatic carbocycles. The quantitative estimate of drug-likeness (QED) is 0.142. The molecule has 1 fully saturated rings. The SMILES string of the molecule is C/C=C\[C@H](C)[C@H]1O[C@]1(C)[C@@H](O[Si](C)(C)C(C)(C)C)[C@@H](COC(C)=O)C(=O)[C@H](CO)[C@H](O)CC(=O)CC. The van der Waals surface area contributed by atoms with Gasteiger partial charge in [0.05, 0.1) is 36.8 Å². The molecule has 0 spiro atoms. The Labute approximate surface area is 217 Å². The lowest BCUT2D eigenvalue weighted by atomic mass is 9.79. The van der Waals surface area contributed by atoms with Gasteiger partial charge in [-0.15, -0.1) is 0 Å². The maximum Gasteiger partial charge on any atom is 0.302 e. The van der Waals surface area contributed by atoms with E-state index in [0.29, 0.717) is 0 Å². The van der Waals surface area contributed by atoms with Gasteiger partial charge in [-0.3, -0.25) is 14.4 Å². The molecular weight excluding hydrogens is 480 g/mol. The van der Waals surface area contributed by atoms with Crippen LogP contribution in [0.3, 0.4) is 0 Å². The Hall–Kier alpha value is -1.39. The van der Waals surface area contributed by atoms with Gasteiger partial charge in [0.15, 0.2) is 8.32 Å². The van der Waals surface area contributed by atoms with Crippen LogP contribution in [0.4, 0.5) is 0 Å². The van der Waals surface area contributed by atoms with Gasteiger partial charge in [-0.05, 0) is 32.0 Å². The second-order valence-corrected chi connectivity index (χ2v) is 16.4. The topological polar surface area (TPSA) is 123 Å². The molecule has 208 valence electrons. The molecule has 9 heteroatoms. The lowest BCUT2D eigenvalue weighted by molar-refractivity contribution is -0.149. The van der Waals surface area contributed by atoms with E-state index in [2.05, 4.69) is 33.9 Å². The summed E-state index contributed by atoms with van der Waals surface area (Å²) < 4.78 is 18.4. The van der Waals surface area contributed by atoms with Crippen molar-refractivity contribution in [2.45, 2.75) is 110 Å². The summed E-state index contributed by atoms with van der Waals surface area (Å²) in [5, 5.41) is 20.6. The molecule has 1 aliphatic rings. The van der Waals surface area contributed by atoms with Crippen LogP contribution < -0.4 is 0 Å². The van der Waals surface area contributed by atoms with Crippen molar-refractivity contribution in [1.29, 1.82) is 0 Å². The van der Waals surface area contributed by atoms with Crippen LogP contribution in [0.5, 0.6) is 0 Å². The number of ether oxygens (including phenoxy) is 2. The van der Waals surface area contributed by atoms with E-state index in [1.54, 1.807) is 6.92 Å². The van der Waals surface area contributed by atoms with Crippen molar-refractivity contribution in [2.24, 2.45) is 17.8 Å². The first-order valence-electron chi connectivity index (χ1n) is 12.9. The number of carbonyl (C=O) groups is 3. The van der Waals surface area contributed by atoms with Crippen molar-refractivity contribution in [3.63, 3.8) is 0 Å². The van der Waals surface area contributed by atoms with Crippen molar-refractivity contribution in [1.82, 2.24) is 0 Å². The molecule has 0 bridgehead atoms. The molecule has 0 aromatic heterocycles. The number of ketones is 2. The fourth-order valence-electron chi connectivity index (χ4n) is 4.32. The van der Waals surface area contributed by atoms with Crippen LogP contribution in [0, 0.1) is 17.8 Å². The monoisotopic (exact) mass is 528 g/mol. The molecule has 1 saturated heterocycles. The van der Waals surface area contributed by atoms with Crippen LogP contribution in [0.15, 0.2) is 12.2 Å². The van der Waals surface area contributed by atoms with Crippen LogP contribution in [0.25, 0.3) is 0 Å². The lowest BCUT2D eigenvalue weighted by Crippen LogP contribution is -2.55. The van der Waals surface area contributed by atoms with E-state index in [-0.39, 0.29) is 42.3 Å². The molecule has 0 unspecified atom stereocenters. The van der Waals surface area contributed by atoms with Gasteiger partial charge in [0, 0.05) is 25.7 Å². The summed E-state index contributed by atoms with van der Waals surface area (Å²) in [5.74, 6) is -3.44. The Morgan fingerprint density at radius 3 is 2.22 bits per heavy atom. The average Bonchev–Trinajstić information content (AvgIpc) is 3.45. The third-order valence-corrected chi connectivity index (χ3v) is 12.2. The number of aliphatic hydroxyl groups excluding tert-OH is 2. The number of carbonyl (C=O) groups excluding carboxylic acids is 3. The largest absolute Gasteiger partial charge is 0.465 e. The Morgan fingerprint density at radius 1 is 1.19 bits per heavy atom. The molecule has 1 aliphatic heterocycles. The third kappa shape index (κ3) is 8.05. The molecule has 0 saturated carbocycles. The molecule has 2 N–H and O–H groups in total. The second kappa shape index (κ2) is 12.9. The average molecular weight is 529 g/mol. The third-order valence-electron chi connectivity index (χ3n) is 7.71. The van der Waals surface area contributed by atoms with Gasteiger partial charge in [0.2, 0.25) is 0 Å². The molecule has 36 heavy (non-hydrogen) atoms. The summed E-state index contributed by atoms with van der Waals surface area (Å²) in [4.78, 5) is 37.6. The number of rotatable bonds is 15. The zero-order chi connectivity index (χ0) is 28.1. The van der Waals surface area contributed by atoms with Gasteiger partial charge in [0.1, 0.15) is 23.8 Å². The molecule has 0 aromatic carbocycles. The lowest BCUT2D eigenvalue weighted by Gasteiger charge is -2.43. The summed E-state index contributed by atoms with van der Waals surface area (Å²) in [6.45, 7) is 18.3. The van der Waals surface area contributed by atoms with Gasteiger partial charge in [-0.2, -0.15) is 0 Å². The van der Waals surface area contributed by atoms with Crippen LogP contribution in [0.2, 0.25) is 18.1 Å². The number of hydrogen-bond acceptors (Lipinski definition) is 8. The molecule has 1 heterocycles. The normalized spacial score (nSPS) is 24.6. The van der Waals surface area contributed by atoms with E-state index in [4.69, 9.17) is 13.9 Å².